The van der Waals surface area contributed by atoms with Gasteiger partial charge in [0.05, 0.1) is 0 Å². The first kappa shape index (κ1) is 12.3. The van der Waals surface area contributed by atoms with Crippen LogP contribution >= 0.6 is 0 Å². The van der Waals surface area contributed by atoms with Gasteiger partial charge in [0.25, 0.3) is 0 Å². The average molecular weight is 267 g/mol. The molecule has 1 aromatic carbocycles. The highest BCUT2D eigenvalue weighted by molar-refractivity contribution is 5.72. The predicted molar refractivity (Wildman–Crippen MR) is 73.5 cm³/mol. The molecule has 0 bridgehead atoms. The minimum atomic E-state index is 0.334. The molecule has 0 aliphatic carbocycles. The van der Waals surface area contributed by atoms with Crippen LogP contribution in [0.4, 0.5) is 0 Å². The quantitative estimate of drug-likeness (QED) is 0.738. The van der Waals surface area contributed by atoms with Crippen LogP contribution in [0.25, 0.3) is 11.3 Å². The SMILES string of the molecule is Cc1nc(Cc2ccc(-c3ccc(C=O)o3)cc2)n[nH]1. The Morgan fingerprint density at radius 3 is 2.60 bits per heavy atom. The summed E-state index contributed by atoms with van der Waals surface area (Å²) in [6, 6.07) is 11.4. The van der Waals surface area contributed by atoms with Crippen molar-refractivity contribution in [2.24, 2.45) is 0 Å². The zero-order chi connectivity index (χ0) is 13.9. The second-order valence-corrected chi connectivity index (χ2v) is 4.53. The fraction of sp³-hybridized carbons (Fsp3) is 0.133. The number of carbonyl (C=O) groups excluding carboxylic acids is 1. The number of hydrogen-bond donors (Lipinski definition) is 1. The van der Waals surface area contributed by atoms with Gasteiger partial charge in [-0.3, -0.25) is 9.89 Å². The fourth-order valence-electron chi connectivity index (χ4n) is 2.01. The fourth-order valence-corrected chi connectivity index (χ4v) is 2.01. The summed E-state index contributed by atoms with van der Waals surface area (Å²) in [7, 11) is 0. The molecule has 0 aliphatic rings. The van der Waals surface area contributed by atoms with E-state index in [0.717, 1.165) is 22.8 Å². The molecule has 0 saturated carbocycles. The number of benzene rings is 1. The van der Waals surface area contributed by atoms with Crippen LogP contribution in [0.15, 0.2) is 40.8 Å². The zero-order valence-electron chi connectivity index (χ0n) is 11.0. The molecule has 5 heteroatoms. The normalized spacial score (nSPS) is 10.7. The van der Waals surface area contributed by atoms with Crippen LogP contribution < -0.4 is 0 Å². The van der Waals surface area contributed by atoms with Crippen molar-refractivity contribution < 1.29 is 9.21 Å². The van der Waals surface area contributed by atoms with Crippen molar-refractivity contribution >= 4 is 6.29 Å². The summed E-state index contributed by atoms with van der Waals surface area (Å²) < 4.78 is 5.38. The summed E-state index contributed by atoms with van der Waals surface area (Å²) in [5.74, 6) is 2.61. The Kier molecular flexibility index (Phi) is 3.16. The summed E-state index contributed by atoms with van der Waals surface area (Å²) in [5, 5.41) is 6.94. The minimum Gasteiger partial charge on any atom is -0.453 e. The molecule has 20 heavy (non-hydrogen) atoms. The molecule has 0 radical (unpaired) electrons. The molecule has 0 fully saturated rings. The Morgan fingerprint density at radius 2 is 2.00 bits per heavy atom. The van der Waals surface area contributed by atoms with Gasteiger partial charge >= 0.3 is 0 Å². The van der Waals surface area contributed by atoms with E-state index in [9.17, 15) is 4.79 Å². The molecule has 0 unspecified atom stereocenters. The highest BCUT2D eigenvalue weighted by atomic mass is 16.3. The van der Waals surface area contributed by atoms with Crippen LogP contribution in [0.5, 0.6) is 0 Å². The van der Waals surface area contributed by atoms with E-state index >= 15 is 0 Å². The van der Waals surface area contributed by atoms with E-state index in [1.165, 1.54) is 0 Å². The van der Waals surface area contributed by atoms with Gasteiger partial charge < -0.3 is 4.42 Å². The molecule has 100 valence electrons. The number of aromatic amines is 1. The van der Waals surface area contributed by atoms with Gasteiger partial charge in [-0.25, -0.2) is 4.98 Å². The average Bonchev–Trinajstić information content (AvgIpc) is 3.09. The Hall–Kier alpha value is -2.69. The number of carbonyl (C=O) groups is 1. The van der Waals surface area contributed by atoms with Crippen LogP contribution in [-0.4, -0.2) is 21.5 Å². The van der Waals surface area contributed by atoms with Crippen LogP contribution in [0, 0.1) is 6.92 Å². The van der Waals surface area contributed by atoms with Crippen LogP contribution in [-0.2, 0) is 6.42 Å². The standard InChI is InChI=1S/C15H13N3O2/c1-10-16-15(18-17-10)8-11-2-4-12(5-3-11)14-7-6-13(9-19)20-14/h2-7,9H,8H2,1H3,(H,16,17,18). The number of nitrogens with zero attached hydrogens (tertiary/aromatic N) is 2. The summed E-state index contributed by atoms with van der Waals surface area (Å²) in [5.41, 5.74) is 2.06. The van der Waals surface area contributed by atoms with Gasteiger partial charge in [0.2, 0.25) is 0 Å². The van der Waals surface area contributed by atoms with Gasteiger partial charge in [-0.15, -0.1) is 0 Å². The number of aldehydes is 1. The topological polar surface area (TPSA) is 71.8 Å². The van der Waals surface area contributed by atoms with E-state index in [4.69, 9.17) is 4.42 Å². The van der Waals surface area contributed by atoms with Gasteiger partial charge in [-0.1, -0.05) is 24.3 Å². The summed E-state index contributed by atoms with van der Waals surface area (Å²) in [6.07, 6.45) is 1.38. The lowest BCUT2D eigenvalue weighted by atomic mass is 10.1. The molecule has 3 aromatic rings. The lowest BCUT2D eigenvalue weighted by molar-refractivity contribution is 0.110. The number of aryl methyl sites for hydroxylation is 1. The molecule has 2 heterocycles. The van der Waals surface area contributed by atoms with Crippen LogP contribution in [0.1, 0.15) is 27.8 Å². The Bertz CT molecular complexity index is 726. The molecule has 0 aliphatic heterocycles. The summed E-state index contributed by atoms with van der Waals surface area (Å²) in [4.78, 5) is 14.9. The Balaban J connectivity index is 1.78. The van der Waals surface area contributed by atoms with E-state index in [1.807, 2.05) is 31.2 Å². The molecule has 0 saturated heterocycles. The number of nitrogens with one attached hydrogen (secondary N) is 1. The van der Waals surface area contributed by atoms with E-state index in [1.54, 1.807) is 12.1 Å². The van der Waals surface area contributed by atoms with Crippen molar-refractivity contribution in [3.05, 3.63) is 59.4 Å². The van der Waals surface area contributed by atoms with Crippen LogP contribution in [0.3, 0.4) is 0 Å². The Morgan fingerprint density at radius 1 is 1.20 bits per heavy atom. The van der Waals surface area contributed by atoms with Crippen molar-refractivity contribution in [3.8, 4) is 11.3 Å². The third-order valence-corrected chi connectivity index (χ3v) is 2.99. The molecule has 5 nitrogen and oxygen atoms in total. The number of hydrogen-bond acceptors (Lipinski definition) is 4. The maximum atomic E-state index is 10.6. The maximum Gasteiger partial charge on any atom is 0.185 e. The van der Waals surface area contributed by atoms with Gasteiger partial charge in [-0.2, -0.15) is 5.10 Å². The number of H-pyrrole nitrogens is 1. The number of rotatable bonds is 4. The second-order valence-electron chi connectivity index (χ2n) is 4.53. The van der Waals surface area contributed by atoms with Gasteiger partial charge in [0.15, 0.2) is 17.9 Å². The number of furan rings is 1. The summed E-state index contributed by atoms with van der Waals surface area (Å²) in [6.45, 7) is 1.88. The van der Waals surface area contributed by atoms with Gasteiger partial charge in [0.1, 0.15) is 11.6 Å². The van der Waals surface area contributed by atoms with E-state index in [-0.39, 0.29) is 0 Å². The molecule has 0 spiro atoms. The number of aromatic nitrogens is 3. The third-order valence-electron chi connectivity index (χ3n) is 2.99. The Labute approximate surface area is 115 Å². The molecular weight excluding hydrogens is 254 g/mol. The van der Waals surface area contributed by atoms with Crippen LogP contribution in [0.2, 0.25) is 0 Å². The first-order valence-corrected chi connectivity index (χ1v) is 6.27. The smallest absolute Gasteiger partial charge is 0.185 e. The van der Waals surface area contributed by atoms with E-state index in [2.05, 4.69) is 15.2 Å². The largest absolute Gasteiger partial charge is 0.453 e. The zero-order valence-corrected chi connectivity index (χ0v) is 11.0. The lowest BCUT2D eigenvalue weighted by Crippen LogP contribution is -1.90. The molecule has 3 rings (SSSR count). The molecular formula is C15H13N3O2. The molecule has 0 amide bonds. The monoisotopic (exact) mass is 267 g/mol. The minimum absolute atomic E-state index is 0.334. The third kappa shape index (κ3) is 2.51. The molecule has 1 N–H and O–H groups in total. The van der Waals surface area contributed by atoms with E-state index < -0.39 is 0 Å². The van der Waals surface area contributed by atoms with Gasteiger partial charge in [-0.05, 0) is 24.6 Å². The second kappa shape index (κ2) is 5.13. The van der Waals surface area contributed by atoms with E-state index in [0.29, 0.717) is 24.2 Å². The maximum absolute atomic E-state index is 10.6. The lowest BCUT2D eigenvalue weighted by Gasteiger charge is -2.00. The first-order chi connectivity index (χ1) is 9.74. The van der Waals surface area contributed by atoms with Crippen molar-refractivity contribution in [2.75, 3.05) is 0 Å². The van der Waals surface area contributed by atoms with Crippen molar-refractivity contribution in [3.63, 3.8) is 0 Å². The van der Waals surface area contributed by atoms with Crippen molar-refractivity contribution in [1.29, 1.82) is 0 Å². The molecule has 2 aromatic heterocycles. The highest BCUT2D eigenvalue weighted by Gasteiger charge is 2.05. The van der Waals surface area contributed by atoms with Crippen molar-refractivity contribution in [2.45, 2.75) is 13.3 Å². The summed E-state index contributed by atoms with van der Waals surface area (Å²) >= 11 is 0. The van der Waals surface area contributed by atoms with Crippen molar-refractivity contribution in [1.82, 2.24) is 15.2 Å². The predicted octanol–water partition coefficient (Wildman–Crippen LogP) is 2.78. The van der Waals surface area contributed by atoms with Gasteiger partial charge in [0, 0.05) is 12.0 Å². The molecule has 0 atom stereocenters. The first-order valence-electron chi connectivity index (χ1n) is 6.27. The highest BCUT2D eigenvalue weighted by Crippen LogP contribution is 2.22.